The van der Waals surface area contributed by atoms with Gasteiger partial charge in [0.05, 0.1) is 25.3 Å². The summed E-state index contributed by atoms with van der Waals surface area (Å²) in [5.74, 6) is 0.142. The van der Waals surface area contributed by atoms with Gasteiger partial charge in [0.15, 0.2) is 0 Å². The van der Waals surface area contributed by atoms with Gasteiger partial charge in [0, 0.05) is 50.5 Å². The normalized spacial score (nSPS) is 18.4. The van der Waals surface area contributed by atoms with Gasteiger partial charge >= 0.3 is 12.0 Å². The zero-order chi connectivity index (χ0) is 26.4. The van der Waals surface area contributed by atoms with E-state index in [1.807, 2.05) is 27.8 Å². The number of carbonyl (C=O) groups excluding carboxylic acids is 3. The Hall–Kier alpha value is -3.63. The lowest BCUT2D eigenvalue weighted by Gasteiger charge is -2.40. The van der Waals surface area contributed by atoms with Crippen molar-refractivity contribution in [3.63, 3.8) is 0 Å². The number of ether oxygens (including phenoxy) is 2. The highest BCUT2D eigenvalue weighted by Crippen LogP contribution is 2.33. The van der Waals surface area contributed by atoms with Crippen molar-refractivity contribution in [2.45, 2.75) is 13.0 Å². The topological polar surface area (TPSA) is 91.4 Å². The van der Waals surface area contributed by atoms with E-state index in [9.17, 15) is 14.4 Å². The van der Waals surface area contributed by atoms with Crippen LogP contribution in [0.2, 0.25) is 0 Å². The van der Waals surface area contributed by atoms with Crippen LogP contribution in [0.5, 0.6) is 5.75 Å². The average molecular weight is 525 g/mol. The largest absolute Gasteiger partial charge is 0.497 e. The molecule has 0 aliphatic carbocycles. The third-order valence-corrected chi connectivity index (χ3v) is 7.17. The van der Waals surface area contributed by atoms with Gasteiger partial charge < -0.3 is 19.7 Å². The highest BCUT2D eigenvalue weighted by atomic mass is 32.1. The average Bonchev–Trinajstić information content (AvgIpc) is 3.45. The van der Waals surface area contributed by atoms with E-state index < -0.39 is 12.0 Å². The fraction of sp³-hybridized carbons (Fsp3) is 0.370. The van der Waals surface area contributed by atoms with Crippen molar-refractivity contribution in [2.75, 3.05) is 53.0 Å². The molecular weight excluding hydrogens is 492 g/mol. The lowest BCUT2D eigenvalue weighted by molar-refractivity contribution is -0.139. The fourth-order valence-electron chi connectivity index (χ4n) is 4.59. The molecule has 4 rings (SSSR count). The van der Waals surface area contributed by atoms with Crippen LogP contribution >= 0.6 is 11.3 Å². The molecule has 1 N–H and O–H groups in total. The zero-order valence-corrected chi connectivity index (χ0v) is 22.0. The van der Waals surface area contributed by atoms with Crippen LogP contribution in [0.15, 0.2) is 65.0 Å². The van der Waals surface area contributed by atoms with Crippen molar-refractivity contribution < 1.29 is 23.9 Å². The summed E-state index contributed by atoms with van der Waals surface area (Å²) in [6.07, 6.45) is 1.64. The molecule has 0 saturated carbocycles. The molecule has 2 aliphatic rings. The van der Waals surface area contributed by atoms with E-state index in [1.165, 1.54) is 11.3 Å². The molecule has 0 spiro atoms. The zero-order valence-electron chi connectivity index (χ0n) is 21.1. The second-order valence-electron chi connectivity index (χ2n) is 8.72. The molecule has 2 aromatic rings. The summed E-state index contributed by atoms with van der Waals surface area (Å²) < 4.78 is 10.7. The van der Waals surface area contributed by atoms with E-state index >= 15 is 0 Å². The molecule has 10 heteroatoms. The Morgan fingerprint density at radius 1 is 1.22 bits per heavy atom. The number of methoxy groups -OCH3 is 1. The molecule has 196 valence electrons. The number of hydrogen-bond donors (Lipinski definition) is 1. The highest BCUT2D eigenvalue weighted by Gasteiger charge is 2.39. The molecule has 2 aliphatic heterocycles. The SMILES string of the molecule is C=CCN1C(=O)NC(c2ccsc2)C(C(=O)OCC)=C1CN1CCN(C(=O)c2cccc(OC)c2)CC1. The van der Waals surface area contributed by atoms with Gasteiger partial charge in [-0.25, -0.2) is 9.59 Å². The minimum Gasteiger partial charge on any atom is -0.497 e. The molecule has 0 bridgehead atoms. The monoisotopic (exact) mass is 524 g/mol. The summed E-state index contributed by atoms with van der Waals surface area (Å²) in [5.41, 5.74) is 2.45. The van der Waals surface area contributed by atoms with Crippen LogP contribution in [0.3, 0.4) is 0 Å². The second kappa shape index (κ2) is 12.1. The van der Waals surface area contributed by atoms with Gasteiger partial charge in [0.2, 0.25) is 0 Å². The number of urea groups is 1. The molecule has 3 amide bonds. The summed E-state index contributed by atoms with van der Waals surface area (Å²) in [6, 6.07) is 8.16. The van der Waals surface area contributed by atoms with E-state index in [0.29, 0.717) is 55.3 Å². The molecule has 9 nitrogen and oxygen atoms in total. The number of benzene rings is 1. The van der Waals surface area contributed by atoms with E-state index in [1.54, 1.807) is 43.2 Å². The smallest absolute Gasteiger partial charge is 0.338 e. The standard InChI is InChI=1S/C27H32N4O5S/c1-4-10-31-22(23(26(33)36-5-2)24(28-27(31)34)20-9-15-37-18-20)17-29-11-13-30(14-12-29)25(32)19-7-6-8-21(16-19)35-3/h4,6-9,15-16,18,24H,1,5,10-14,17H2,2-3H3,(H,28,34). The lowest BCUT2D eigenvalue weighted by atomic mass is 9.96. The van der Waals surface area contributed by atoms with Crippen molar-refractivity contribution in [2.24, 2.45) is 0 Å². The number of thiophene rings is 1. The minimum absolute atomic E-state index is 0.0483. The predicted octanol–water partition coefficient (Wildman–Crippen LogP) is 3.28. The van der Waals surface area contributed by atoms with Crippen LogP contribution in [0.25, 0.3) is 0 Å². The molecule has 1 fully saturated rings. The Balaban J connectivity index is 1.57. The van der Waals surface area contributed by atoms with Crippen LogP contribution in [0, 0.1) is 0 Å². The number of nitrogens with one attached hydrogen (secondary N) is 1. The van der Waals surface area contributed by atoms with Gasteiger partial charge in [0.25, 0.3) is 5.91 Å². The highest BCUT2D eigenvalue weighted by molar-refractivity contribution is 7.08. The number of hydrogen-bond acceptors (Lipinski definition) is 7. The van der Waals surface area contributed by atoms with Crippen molar-refractivity contribution in [1.82, 2.24) is 20.0 Å². The van der Waals surface area contributed by atoms with Gasteiger partial charge in [-0.05, 0) is 47.5 Å². The van der Waals surface area contributed by atoms with Gasteiger partial charge in [-0.2, -0.15) is 11.3 Å². The summed E-state index contributed by atoms with van der Waals surface area (Å²) in [6.45, 7) is 8.67. The predicted molar refractivity (Wildman–Crippen MR) is 141 cm³/mol. The fourth-order valence-corrected chi connectivity index (χ4v) is 5.28. The van der Waals surface area contributed by atoms with Gasteiger partial charge in [-0.1, -0.05) is 12.1 Å². The molecule has 1 aromatic carbocycles. The summed E-state index contributed by atoms with van der Waals surface area (Å²) in [7, 11) is 1.58. The third kappa shape index (κ3) is 5.86. The van der Waals surface area contributed by atoms with Crippen molar-refractivity contribution in [3.8, 4) is 5.75 Å². The Labute approximate surface area is 220 Å². The molecule has 0 radical (unpaired) electrons. The maximum Gasteiger partial charge on any atom is 0.338 e. The number of esters is 1. The maximum atomic E-state index is 13.2. The van der Waals surface area contributed by atoms with Crippen LogP contribution in [-0.4, -0.2) is 85.6 Å². The number of carbonyl (C=O) groups is 3. The van der Waals surface area contributed by atoms with E-state index in [-0.39, 0.29) is 25.1 Å². The minimum atomic E-state index is -0.593. The Morgan fingerprint density at radius 3 is 2.65 bits per heavy atom. The van der Waals surface area contributed by atoms with E-state index in [4.69, 9.17) is 9.47 Å². The second-order valence-corrected chi connectivity index (χ2v) is 9.50. The first-order valence-corrected chi connectivity index (χ1v) is 13.2. The van der Waals surface area contributed by atoms with E-state index in [0.717, 1.165) is 5.56 Å². The van der Waals surface area contributed by atoms with Gasteiger partial charge in [0.1, 0.15) is 5.75 Å². The lowest BCUT2D eigenvalue weighted by Crippen LogP contribution is -2.53. The summed E-state index contributed by atoms with van der Waals surface area (Å²) >= 11 is 1.50. The van der Waals surface area contributed by atoms with Crippen molar-refractivity contribution in [1.29, 1.82) is 0 Å². The molecule has 1 saturated heterocycles. The Kier molecular flexibility index (Phi) is 8.62. The Bertz CT molecular complexity index is 1170. The summed E-state index contributed by atoms with van der Waals surface area (Å²) in [5, 5.41) is 6.81. The van der Waals surface area contributed by atoms with Crippen LogP contribution < -0.4 is 10.1 Å². The molecule has 37 heavy (non-hydrogen) atoms. The molecular formula is C27H32N4O5S. The molecule has 3 heterocycles. The van der Waals surface area contributed by atoms with Crippen LogP contribution in [0.1, 0.15) is 28.9 Å². The van der Waals surface area contributed by atoms with Crippen molar-refractivity contribution in [3.05, 3.63) is 76.1 Å². The molecule has 1 unspecified atom stereocenters. The van der Waals surface area contributed by atoms with Crippen LogP contribution in [0.4, 0.5) is 4.79 Å². The first kappa shape index (κ1) is 26.4. The first-order chi connectivity index (χ1) is 18.0. The van der Waals surface area contributed by atoms with E-state index in [2.05, 4.69) is 16.8 Å². The number of rotatable bonds is 9. The van der Waals surface area contributed by atoms with Crippen molar-refractivity contribution >= 4 is 29.2 Å². The van der Waals surface area contributed by atoms with Gasteiger partial charge in [-0.3, -0.25) is 14.6 Å². The first-order valence-electron chi connectivity index (χ1n) is 12.2. The maximum absolute atomic E-state index is 13.2. The number of nitrogens with zero attached hydrogens (tertiary/aromatic N) is 3. The quantitative estimate of drug-likeness (QED) is 0.400. The van der Waals surface area contributed by atoms with Crippen LogP contribution in [-0.2, 0) is 9.53 Å². The van der Waals surface area contributed by atoms with Gasteiger partial charge in [-0.15, -0.1) is 6.58 Å². The number of amides is 3. The molecule has 1 aromatic heterocycles. The molecule has 1 atom stereocenters. The summed E-state index contributed by atoms with van der Waals surface area (Å²) in [4.78, 5) is 44.9. The number of piperazine rings is 1. The Morgan fingerprint density at radius 2 is 2.00 bits per heavy atom. The third-order valence-electron chi connectivity index (χ3n) is 6.47.